The molecule has 0 unspecified atom stereocenters. The molecule has 0 aliphatic rings. The van der Waals surface area contributed by atoms with Gasteiger partial charge in [0.2, 0.25) is 5.91 Å². The van der Waals surface area contributed by atoms with E-state index in [0.29, 0.717) is 29.4 Å². The van der Waals surface area contributed by atoms with E-state index in [4.69, 9.17) is 9.47 Å². The second-order valence-corrected chi connectivity index (χ2v) is 7.01. The minimum Gasteiger partial charge on any atom is -0.484 e. The van der Waals surface area contributed by atoms with E-state index in [1.165, 1.54) is 18.3 Å². The highest BCUT2D eigenvalue weighted by atomic mass is 32.1. The van der Waals surface area contributed by atoms with Crippen molar-refractivity contribution in [1.29, 1.82) is 0 Å². The van der Waals surface area contributed by atoms with Crippen molar-refractivity contribution in [2.24, 2.45) is 4.99 Å². The van der Waals surface area contributed by atoms with Crippen molar-refractivity contribution in [3.05, 3.63) is 53.3 Å². The SMILES string of the molecule is COCCn1c(=NC(=O)COc2ccccc2)sc2cc(NC(C)=O)ccc21. The molecule has 0 saturated heterocycles. The number of rotatable bonds is 7. The molecule has 8 heteroatoms. The summed E-state index contributed by atoms with van der Waals surface area (Å²) in [5.74, 6) is 0.111. The summed E-state index contributed by atoms with van der Waals surface area (Å²) in [6.07, 6.45) is 0. The number of fused-ring (bicyclic) bond motifs is 1. The third kappa shape index (κ3) is 5.05. The van der Waals surface area contributed by atoms with E-state index in [1.54, 1.807) is 19.2 Å². The Kier molecular flexibility index (Phi) is 6.57. The van der Waals surface area contributed by atoms with Crippen LogP contribution in [0.15, 0.2) is 53.5 Å². The summed E-state index contributed by atoms with van der Waals surface area (Å²) in [6.45, 7) is 2.37. The van der Waals surface area contributed by atoms with Gasteiger partial charge < -0.3 is 19.4 Å². The van der Waals surface area contributed by atoms with Crippen molar-refractivity contribution in [1.82, 2.24) is 4.57 Å². The number of hydrogen-bond donors (Lipinski definition) is 1. The molecule has 146 valence electrons. The van der Waals surface area contributed by atoms with E-state index in [0.717, 1.165) is 10.2 Å². The van der Waals surface area contributed by atoms with Gasteiger partial charge in [0.05, 0.1) is 16.8 Å². The second kappa shape index (κ2) is 9.29. The minimum absolute atomic E-state index is 0.138. The first kappa shape index (κ1) is 19.8. The van der Waals surface area contributed by atoms with E-state index in [2.05, 4.69) is 10.3 Å². The lowest BCUT2D eigenvalue weighted by Gasteiger charge is -2.06. The minimum atomic E-state index is -0.372. The van der Waals surface area contributed by atoms with Crippen molar-refractivity contribution >= 4 is 39.1 Å². The molecule has 2 aromatic carbocycles. The monoisotopic (exact) mass is 399 g/mol. The quantitative estimate of drug-likeness (QED) is 0.662. The average molecular weight is 399 g/mol. The molecule has 0 saturated carbocycles. The molecule has 0 aliphatic carbocycles. The number of aromatic nitrogens is 1. The summed E-state index contributed by atoms with van der Waals surface area (Å²) in [4.78, 5) is 28.4. The fourth-order valence-corrected chi connectivity index (χ4v) is 3.75. The molecule has 0 spiro atoms. The first-order valence-electron chi connectivity index (χ1n) is 8.72. The number of amides is 2. The summed E-state index contributed by atoms with van der Waals surface area (Å²) >= 11 is 1.38. The van der Waals surface area contributed by atoms with Crippen LogP contribution < -0.4 is 14.9 Å². The van der Waals surface area contributed by atoms with Crippen LogP contribution in [0.3, 0.4) is 0 Å². The number of anilines is 1. The molecule has 0 bridgehead atoms. The van der Waals surface area contributed by atoms with Crippen LogP contribution in [0.1, 0.15) is 6.92 Å². The van der Waals surface area contributed by atoms with E-state index in [9.17, 15) is 9.59 Å². The highest BCUT2D eigenvalue weighted by Crippen LogP contribution is 2.22. The first-order valence-corrected chi connectivity index (χ1v) is 9.54. The lowest BCUT2D eigenvalue weighted by molar-refractivity contribution is -0.120. The van der Waals surface area contributed by atoms with Gasteiger partial charge in [0.15, 0.2) is 11.4 Å². The lowest BCUT2D eigenvalue weighted by Crippen LogP contribution is -2.21. The van der Waals surface area contributed by atoms with Gasteiger partial charge in [-0.15, -0.1) is 0 Å². The third-order valence-electron chi connectivity index (χ3n) is 3.85. The predicted octanol–water partition coefficient (Wildman–Crippen LogP) is 2.81. The maximum Gasteiger partial charge on any atom is 0.286 e. The number of para-hydroxylation sites is 1. The van der Waals surface area contributed by atoms with Crippen LogP contribution in [0.2, 0.25) is 0 Å². The zero-order valence-corrected chi connectivity index (χ0v) is 16.5. The van der Waals surface area contributed by atoms with Crippen LogP contribution in [0.5, 0.6) is 5.75 Å². The van der Waals surface area contributed by atoms with E-state index >= 15 is 0 Å². The summed E-state index contributed by atoms with van der Waals surface area (Å²) in [7, 11) is 1.62. The molecule has 0 radical (unpaired) electrons. The first-order chi connectivity index (χ1) is 13.6. The number of benzene rings is 2. The maximum atomic E-state index is 12.3. The molecule has 0 fully saturated rings. The Hall–Kier alpha value is -2.97. The van der Waals surface area contributed by atoms with Crippen molar-refractivity contribution in [2.45, 2.75) is 13.5 Å². The number of nitrogens with one attached hydrogen (secondary N) is 1. The molecule has 0 atom stereocenters. The van der Waals surface area contributed by atoms with E-state index in [1.807, 2.05) is 41.0 Å². The smallest absolute Gasteiger partial charge is 0.286 e. The van der Waals surface area contributed by atoms with E-state index in [-0.39, 0.29) is 18.4 Å². The lowest BCUT2D eigenvalue weighted by atomic mass is 10.3. The van der Waals surface area contributed by atoms with Gasteiger partial charge in [0, 0.05) is 26.3 Å². The second-order valence-electron chi connectivity index (χ2n) is 6.00. The molecule has 1 heterocycles. The van der Waals surface area contributed by atoms with Gasteiger partial charge in [0.1, 0.15) is 5.75 Å². The average Bonchev–Trinajstić information content (AvgIpc) is 3.01. The van der Waals surface area contributed by atoms with Crippen LogP contribution >= 0.6 is 11.3 Å². The summed E-state index contributed by atoms with van der Waals surface area (Å²) in [6, 6.07) is 14.7. The van der Waals surface area contributed by atoms with Crippen molar-refractivity contribution in [2.75, 3.05) is 25.6 Å². The van der Waals surface area contributed by atoms with Crippen LogP contribution in [0.4, 0.5) is 5.69 Å². The summed E-state index contributed by atoms with van der Waals surface area (Å²) < 4.78 is 13.5. The van der Waals surface area contributed by atoms with Crippen LogP contribution in [0.25, 0.3) is 10.2 Å². The summed E-state index contributed by atoms with van der Waals surface area (Å²) in [5.41, 5.74) is 1.62. The number of thiazole rings is 1. The Balaban J connectivity index is 1.89. The largest absolute Gasteiger partial charge is 0.484 e. The number of carbonyl (C=O) groups excluding carboxylic acids is 2. The van der Waals surface area contributed by atoms with Gasteiger partial charge in [-0.1, -0.05) is 29.5 Å². The fourth-order valence-electron chi connectivity index (χ4n) is 2.64. The number of carbonyl (C=O) groups is 2. The molecule has 1 N–H and O–H groups in total. The Morgan fingerprint density at radius 3 is 2.68 bits per heavy atom. The Bertz CT molecular complexity index is 1040. The molecule has 3 aromatic rings. The number of hydrogen-bond acceptors (Lipinski definition) is 5. The maximum absolute atomic E-state index is 12.3. The standard InChI is InChI=1S/C20H21N3O4S/c1-14(24)21-15-8-9-17-18(12-15)28-20(23(17)10-11-26-2)22-19(25)13-27-16-6-4-3-5-7-16/h3-9,12H,10-11,13H2,1-2H3,(H,21,24). The zero-order valence-electron chi connectivity index (χ0n) is 15.7. The molecule has 7 nitrogen and oxygen atoms in total. The highest BCUT2D eigenvalue weighted by molar-refractivity contribution is 7.16. The predicted molar refractivity (Wildman–Crippen MR) is 109 cm³/mol. The topological polar surface area (TPSA) is 81.9 Å². The van der Waals surface area contributed by atoms with E-state index < -0.39 is 0 Å². The molecular weight excluding hydrogens is 378 g/mol. The Labute approximate surface area is 166 Å². The molecule has 3 rings (SSSR count). The highest BCUT2D eigenvalue weighted by Gasteiger charge is 2.10. The fraction of sp³-hybridized carbons (Fsp3) is 0.250. The third-order valence-corrected chi connectivity index (χ3v) is 4.89. The number of methoxy groups -OCH3 is 1. The van der Waals surface area contributed by atoms with Crippen LogP contribution in [-0.2, 0) is 20.9 Å². The van der Waals surface area contributed by atoms with Crippen LogP contribution in [-0.4, -0.2) is 36.7 Å². The van der Waals surface area contributed by atoms with Gasteiger partial charge >= 0.3 is 0 Å². The zero-order chi connectivity index (χ0) is 19.9. The summed E-state index contributed by atoms with van der Waals surface area (Å²) in [5, 5.41) is 2.76. The Morgan fingerprint density at radius 1 is 1.18 bits per heavy atom. The van der Waals surface area contributed by atoms with Crippen LogP contribution in [0, 0.1) is 0 Å². The van der Waals surface area contributed by atoms with Crippen molar-refractivity contribution in [3.8, 4) is 5.75 Å². The van der Waals surface area contributed by atoms with Gasteiger partial charge in [-0.2, -0.15) is 4.99 Å². The number of ether oxygens (including phenoxy) is 2. The van der Waals surface area contributed by atoms with Crippen molar-refractivity contribution in [3.63, 3.8) is 0 Å². The molecule has 2 amide bonds. The van der Waals surface area contributed by atoms with Gasteiger partial charge in [-0.05, 0) is 30.3 Å². The molecule has 28 heavy (non-hydrogen) atoms. The molecular formula is C20H21N3O4S. The van der Waals surface area contributed by atoms with Crippen molar-refractivity contribution < 1.29 is 19.1 Å². The normalized spacial score (nSPS) is 11.6. The number of nitrogens with zero attached hydrogens (tertiary/aromatic N) is 2. The molecule has 0 aliphatic heterocycles. The van der Waals surface area contributed by atoms with Gasteiger partial charge in [0.25, 0.3) is 5.91 Å². The molecule has 1 aromatic heterocycles. The van der Waals surface area contributed by atoms with Gasteiger partial charge in [-0.3, -0.25) is 9.59 Å². The Morgan fingerprint density at radius 2 is 1.96 bits per heavy atom. The van der Waals surface area contributed by atoms with Gasteiger partial charge in [-0.25, -0.2) is 0 Å².